The molecular weight excluding hydrogens is 386 g/mol. The average Bonchev–Trinajstić information content (AvgIpc) is 2.78. The summed E-state index contributed by atoms with van der Waals surface area (Å²) in [6.07, 6.45) is 4.68. The number of hydrogen-bond donors (Lipinski definition) is 1. The van der Waals surface area contributed by atoms with Gasteiger partial charge in [-0.05, 0) is 48.0 Å². The van der Waals surface area contributed by atoms with E-state index in [1.165, 1.54) is 18.2 Å². The van der Waals surface area contributed by atoms with E-state index in [0.29, 0.717) is 28.6 Å². The molecule has 0 atom stereocenters. The Morgan fingerprint density at radius 3 is 2.47 bits per heavy atom. The first kappa shape index (κ1) is 20.5. The molecule has 0 spiro atoms. The van der Waals surface area contributed by atoms with Gasteiger partial charge in [0, 0.05) is 24.0 Å². The molecule has 0 saturated heterocycles. The van der Waals surface area contributed by atoms with E-state index in [4.69, 9.17) is 9.47 Å². The van der Waals surface area contributed by atoms with Gasteiger partial charge >= 0.3 is 0 Å². The van der Waals surface area contributed by atoms with Crippen LogP contribution in [0.1, 0.15) is 15.9 Å². The number of carbonyl (C=O) groups excluding carboxylic acids is 1. The van der Waals surface area contributed by atoms with E-state index in [1.54, 1.807) is 62.9 Å². The van der Waals surface area contributed by atoms with Gasteiger partial charge in [0.25, 0.3) is 5.69 Å². The predicted molar refractivity (Wildman–Crippen MR) is 114 cm³/mol. The van der Waals surface area contributed by atoms with Crippen LogP contribution < -0.4 is 14.8 Å². The van der Waals surface area contributed by atoms with E-state index in [0.717, 1.165) is 5.56 Å². The molecule has 3 aromatic rings. The lowest BCUT2D eigenvalue weighted by Gasteiger charge is -2.09. The molecule has 1 heterocycles. The number of carbonyl (C=O) groups is 1. The van der Waals surface area contributed by atoms with Crippen LogP contribution in [-0.2, 0) is 0 Å². The van der Waals surface area contributed by atoms with Gasteiger partial charge in [-0.3, -0.25) is 14.9 Å². The van der Waals surface area contributed by atoms with Crippen LogP contribution in [0.5, 0.6) is 11.5 Å². The highest BCUT2D eigenvalue weighted by Crippen LogP contribution is 2.28. The van der Waals surface area contributed by atoms with Gasteiger partial charge in [0.1, 0.15) is 5.82 Å². The largest absolute Gasteiger partial charge is 0.493 e. The Balaban J connectivity index is 1.80. The summed E-state index contributed by atoms with van der Waals surface area (Å²) in [6, 6.07) is 14.5. The molecule has 0 amide bonds. The lowest BCUT2D eigenvalue weighted by atomic mass is 10.1. The van der Waals surface area contributed by atoms with Crippen molar-refractivity contribution in [2.75, 3.05) is 19.5 Å². The molecule has 0 aliphatic heterocycles. The average molecular weight is 405 g/mol. The number of ketones is 1. The zero-order valence-corrected chi connectivity index (χ0v) is 16.4. The standard InChI is InChI=1S/C22H19N3O5/c1-29-20-12-6-15(14-21(20)30-2)5-11-19(26)18-4-3-13-23-22(18)24-16-7-9-17(10-8-16)25(27)28/h3-14H,1-2H3,(H,23,24)/b11-5+. The zero-order valence-electron chi connectivity index (χ0n) is 16.4. The van der Waals surface area contributed by atoms with Crippen molar-refractivity contribution in [2.24, 2.45) is 0 Å². The van der Waals surface area contributed by atoms with Gasteiger partial charge in [0.15, 0.2) is 17.3 Å². The highest BCUT2D eigenvalue weighted by molar-refractivity contribution is 6.10. The van der Waals surface area contributed by atoms with Crippen LogP contribution in [0.2, 0.25) is 0 Å². The number of nitrogens with one attached hydrogen (secondary N) is 1. The second-order valence-corrected chi connectivity index (χ2v) is 6.14. The van der Waals surface area contributed by atoms with Gasteiger partial charge < -0.3 is 14.8 Å². The number of nitro benzene ring substituents is 1. The third kappa shape index (κ3) is 4.79. The molecule has 0 radical (unpaired) electrons. The molecule has 2 aromatic carbocycles. The second-order valence-electron chi connectivity index (χ2n) is 6.14. The molecule has 8 nitrogen and oxygen atoms in total. The first-order valence-corrected chi connectivity index (χ1v) is 8.92. The van der Waals surface area contributed by atoms with Gasteiger partial charge in [0.05, 0.1) is 24.7 Å². The maximum Gasteiger partial charge on any atom is 0.269 e. The van der Waals surface area contributed by atoms with E-state index in [-0.39, 0.29) is 11.5 Å². The molecular formula is C22H19N3O5. The lowest BCUT2D eigenvalue weighted by Crippen LogP contribution is -2.03. The molecule has 0 fully saturated rings. The van der Waals surface area contributed by atoms with Crippen LogP contribution in [0, 0.1) is 10.1 Å². The van der Waals surface area contributed by atoms with Crippen molar-refractivity contribution in [3.63, 3.8) is 0 Å². The number of nitro groups is 1. The first-order chi connectivity index (χ1) is 14.5. The van der Waals surface area contributed by atoms with Crippen molar-refractivity contribution < 1.29 is 19.2 Å². The highest BCUT2D eigenvalue weighted by atomic mass is 16.6. The monoisotopic (exact) mass is 405 g/mol. The summed E-state index contributed by atoms with van der Waals surface area (Å²) >= 11 is 0. The number of rotatable bonds is 8. The summed E-state index contributed by atoms with van der Waals surface area (Å²) in [5.74, 6) is 1.27. The van der Waals surface area contributed by atoms with E-state index in [1.807, 2.05) is 6.07 Å². The molecule has 0 aliphatic carbocycles. The SMILES string of the molecule is COc1ccc(/C=C/C(=O)c2cccnc2Nc2ccc([N+](=O)[O-])cc2)cc1OC. The first-order valence-electron chi connectivity index (χ1n) is 8.92. The molecule has 0 saturated carbocycles. The second kappa shape index (κ2) is 9.33. The van der Waals surface area contributed by atoms with E-state index in [2.05, 4.69) is 10.3 Å². The van der Waals surface area contributed by atoms with Gasteiger partial charge in [0.2, 0.25) is 0 Å². The summed E-state index contributed by atoms with van der Waals surface area (Å²) in [7, 11) is 3.10. The van der Waals surface area contributed by atoms with Crippen molar-refractivity contribution >= 4 is 29.1 Å². The summed E-state index contributed by atoms with van der Waals surface area (Å²) < 4.78 is 10.5. The number of allylic oxidation sites excluding steroid dienone is 1. The van der Waals surface area contributed by atoms with Crippen LogP contribution >= 0.6 is 0 Å². The fourth-order valence-corrected chi connectivity index (χ4v) is 2.73. The Kier molecular flexibility index (Phi) is 6.39. The van der Waals surface area contributed by atoms with Crippen molar-refractivity contribution in [1.29, 1.82) is 0 Å². The fraction of sp³-hybridized carbons (Fsp3) is 0.0909. The van der Waals surface area contributed by atoms with E-state index >= 15 is 0 Å². The third-order valence-electron chi connectivity index (χ3n) is 4.25. The number of pyridine rings is 1. The Hall–Kier alpha value is -4.20. The minimum Gasteiger partial charge on any atom is -0.493 e. The van der Waals surface area contributed by atoms with Crippen molar-refractivity contribution in [2.45, 2.75) is 0 Å². The number of methoxy groups -OCH3 is 2. The Morgan fingerprint density at radius 2 is 1.80 bits per heavy atom. The minimum absolute atomic E-state index is 0.0178. The van der Waals surface area contributed by atoms with Crippen LogP contribution in [-0.4, -0.2) is 29.9 Å². The highest BCUT2D eigenvalue weighted by Gasteiger charge is 2.11. The lowest BCUT2D eigenvalue weighted by molar-refractivity contribution is -0.384. The van der Waals surface area contributed by atoms with Gasteiger partial charge in [-0.25, -0.2) is 4.98 Å². The van der Waals surface area contributed by atoms with Gasteiger partial charge in [-0.15, -0.1) is 0 Å². The number of hydrogen-bond acceptors (Lipinski definition) is 7. The fourth-order valence-electron chi connectivity index (χ4n) is 2.73. The number of non-ortho nitro benzene ring substituents is 1. The Bertz CT molecular complexity index is 1090. The Labute approximate surface area is 172 Å². The normalized spacial score (nSPS) is 10.6. The molecule has 3 rings (SSSR count). The number of aromatic nitrogens is 1. The molecule has 0 unspecified atom stereocenters. The number of anilines is 2. The number of ether oxygens (including phenoxy) is 2. The summed E-state index contributed by atoms with van der Waals surface area (Å²) in [5, 5.41) is 13.8. The predicted octanol–water partition coefficient (Wildman–Crippen LogP) is 4.65. The van der Waals surface area contributed by atoms with Gasteiger partial charge in [-0.2, -0.15) is 0 Å². The topological polar surface area (TPSA) is 104 Å². The van der Waals surface area contributed by atoms with Crippen LogP contribution in [0.15, 0.2) is 66.9 Å². The van der Waals surface area contributed by atoms with Crippen LogP contribution in [0.4, 0.5) is 17.2 Å². The van der Waals surface area contributed by atoms with Gasteiger partial charge in [-0.1, -0.05) is 12.1 Å². The number of nitrogens with zero attached hydrogens (tertiary/aromatic N) is 2. The maximum absolute atomic E-state index is 12.7. The van der Waals surface area contributed by atoms with Crippen molar-refractivity contribution in [3.8, 4) is 11.5 Å². The molecule has 152 valence electrons. The smallest absolute Gasteiger partial charge is 0.269 e. The van der Waals surface area contributed by atoms with E-state index < -0.39 is 4.92 Å². The minimum atomic E-state index is -0.474. The van der Waals surface area contributed by atoms with Crippen molar-refractivity contribution in [1.82, 2.24) is 4.98 Å². The molecule has 1 aromatic heterocycles. The summed E-state index contributed by atoms with van der Waals surface area (Å²) in [4.78, 5) is 27.3. The van der Waals surface area contributed by atoms with Crippen molar-refractivity contribution in [3.05, 3.63) is 88.1 Å². The summed E-state index contributed by atoms with van der Waals surface area (Å²) in [6.45, 7) is 0. The Morgan fingerprint density at radius 1 is 1.07 bits per heavy atom. The summed E-state index contributed by atoms with van der Waals surface area (Å²) in [5.41, 5.74) is 1.70. The quantitative estimate of drug-likeness (QED) is 0.252. The molecule has 0 aliphatic rings. The van der Waals surface area contributed by atoms with Crippen LogP contribution in [0.25, 0.3) is 6.08 Å². The molecule has 30 heavy (non-hydrogen) atoms. The molecule has 8 heteroatoms. The molecule has 1 N–H and O–H groups in total. The maximum atomic E-state index is 12.7. The third-order valence-corrected chi connectivity index (χ3v) is 4.25. The van der Waals surface area contributed by atoms with E-state index in [9.17, 15) is 14.9 Å². The zero-order chi connectivity index (χ0) is 21.5. The number of benzene rings is 2. The molecule has 0 bridgehead atoms. The van der Waals surface area contributed by atoms with Crippen LogP contribution in [0.3, 0.4) is 0 Å².